The maximum atomic E-state index is 3.63. The Balaban J connectivity index is 1.30. The Morgan fingerprint density at radius 3 is 3.06 bits per heavy atom. The van der Waals surface area contributed by atoms with Crippen molar-refractivity contribution in [3.8, 4) is 0 Å². The lowest BCUT2D eigenvalue weighted by Gasteiger charge is -2.15. The molecule has 1 aliphatic carbocycles. The van der Waals surface area contributed by atoms with Crippen LogP contribution in [0.5, 0.6) is 0 Å². The summed E-state index contributed by atoms with van der Waals surface area (Å²) in [4.78, 5) is 4.20. The summed E-state index contributed by atoms with van der Waals surface area (Å²) in [6.07, 6.45) is 5.51. The predicted molar refractivity (Wildman–Crippen MR) is 73.6 cm³/mol. The maximum Gasteiger partial charge on any atom is 0.00965 e. The molecule has 1 saturated carbocycles. The Hall–Kier alpha value is -0.380. The molecule has 0 bridgehead atoms. The molecular weight excluding hydrogens is 228 g/mol. The lowest BCUT2D eigenvalue weighted by atomic mass is 10.1. The van der Waals surface area contributed by atoms with Gasteiger partial charge in [-0.3, -0.25) is 0 Å². The molecule has 1 saturated heterocycles. The van der Waals surface area contributed by atoms with Gasteiger partial charge >= 0.3 is 0 Å². The van der Waals surface area contributed by atoms with Crippen LogP contribution < -0.4 is 5.32 Å². The number of hydrogen-bond acceptors (Lipinski definition) is 3. The summed E-state index contributed by atoms with van der Waals surface area (Å²) >= 11 is 1.87. The molecule has 1 aromatic heterocycles. The van der Waals surface area contributed by atoms with E-state index in [1.54, 1.807) is 0 Å². The zero-order chi connectivity index (χ0) is 11.5. The summed E-state index contributed by atoms with van der Waals surface area (Å²) in [5, 5.41) is 5.79. The maximum absolute atomic E-state index is 3.63. The molecule has 2 aliphatic rings. The van der Waals surface area contributed by atoms with E-state index in [9.17, 15) is 0 Å². The molecule has 0 radical (unpaired) electrons. The fraction of sp³-hybridized carbons (Fsp3) is 0.714. The highest BCUT2D eigenvalue weighted by atomic mass is 32.1. The van der Waals surface area contributed by atoms with Crippen molar-refractivity contribution in [2.45, 2.75) is 31.7 Å². The highest BCUT2D eigenvalue weighted by Gasteiger charge is 2.33. The number of thiophene rings is 1. The van der Waals surface area contributed by atoms with Crippen molar-refractivity contribution in [1.82, 2.24) is 10.2 Å². The molecule has 94 valence electrons. The second-order valence-electron chi connectivity index (χ2n) is 5.41. The predicted octanol–water partition coefficient (Wildman–Crippen LogP) is 2.36. The molecule has 2 fully saturated rings. The SMILES string of the molecule is c1csc(CCNCC2CCN(C3CC3)C2)c1. The topological polar surface area (TPSA) is 15.3 Å². The van der Waals surface area contributed by atoms with Gasteiger partial charge < -0.3 is 10.2 Å². The van der Waals surface area contributed by atoms with Gasteiger partial charge in [0.1, 0.15) is 0 Å². The number of nitrogens with one attached hydrogen (secondary N) is 1. The standard InChI is InChI=1S/C14H22N2S/c1-2-14(17-9-1)5-7-15-10-12-6-8-16(11-12)13-3-4-13/h1-2,9,12-13,15H,3-8,10-11H2. The molecule has 1 N–H and O–H groups in total. The summed E-state index contributed by atoms with van der Waals surface area (Å²) < 4.78 is 0. The van der Waals surface area contributed by atoms with E-state index >= 15 is 0 Å². The normalized spacial score (nSPS) is 25.5. The van der Waals surface area contributed by atoms with E-state index in [0.717, 1.165) is 18.5 Å². The largest absolute Gasteiger partial charge is 0.316 e. The minimum atomic E-state index is 0.902. The van der Waals surface area contributed by atoms with E-state index in [-0.39, 0.29) is 0 Å². The average Bonchev–Trinajstić information content (AvgIpc) is 2.89. The van der Waals surface area contributed by atoms with Gasteiger partial charge in [-0.25, -0.2) is 0 Å². The summed E-state index contributed by atoms with van der Waals surface area (Å²) in [5.74, 6) is 0.902. The summed E-state index contributed by atoms with van der Waals surface area (Å²) in [6, 6.07) is 5.34. The number of likely N-dealkylation sites (tertiary alicyclic amines) is 1. The summed E-state index contributed by atoms with van der Waals surface area (Å²) in [5.41, 5.74) is 0. The molecule has 0 spiro atoms. The van der Waals surface area contributed by atoms with Gasteiger partial charge in [0.15, 0.2) is 0 Å². The second kappa shape index (κ2) is 5.51. The first-order valence-corrected chi connectivity index (χ1v) is 7.77. The van der Waals surface area contributed by atoms with Crippen molar-refractivity contribution < 1.29 is 0 Å². The molecule has 0 amide bonds. The minimum Gasteiger partial charge on any atom is -0.316 e. The first kappa shape index (κ1) is 11.7. The van der Waals surface area contributed by atoms with Crippen LogP contribution in [-0.4, -0.2) is 37.1 Å². The summed E-state index contributed by atoms with van der Waals surface area (Å²) in [6.45, 7) is 5.05. The van der Waals surface area contributed by atoms with Crippen LogP contribution in [0.3, 0.4) is 0 Å². The van der Waals surface area contributed by atoms with Gasteiger partial charge in [0.05, 0.1) is 0 Å². The molecule has 2 nitrogen and oxygen atoms in total. The minimum absolute atomic E-state index is 0.902. The average molecular weight is 250 g/mol. The Kier molecular flexibility index (Phi) is 3.79. The molecule has 1 aromatic rings. The quantitative estimate of drug-likeness (QED) is 0.780. The van der Waals surface area contributed by atoms with Crippen LogP contribution >= 0.6 is 11.3 Å². The molecule has 1 unspecified atom stereocenters. The van der Waals surface area contributed by atoms with Gasteiger partial charge in [0.25, 0.3) is 0 Å². The van der Waals surface area contributed by atoms with Crippen molar-refractivity contribution >= 4 is 11.3 Å². The molecule has 1 atom stereocenters. The van der Waals surface area contributed by atoms with Crippen molar-refractivity contribution in [2.75, 3.05) is 26.2 Å². The first-order chi connectivity index (χ1) is 8.42. The van der Waals surface area contributed by atoms with Crippen molar-refractivity contribution in [3.05, 3.63) is 22.4 Å². The van der Waals surface area contributed by atoms with E-state index in [0.29, 0.717) is 0 Å². The zero-order valence-corrected chi connectivity index (χ0v) is 11.2. The Bertz CT molecular complexity index is 332. The van der Waals surface area contributed by atoms with Gasteiger partial charge in [0, 0.05) is 17.5 Å². The van der Waals surface area contributed by atoms with E-state index in [1.165, 1.54) is 50.2 Å². The van der Waals surface area contributed by atoms with Crippen LogP contribution in [0.25, 0.3) is 0 Å². The van der Waals surface area contributed by atoms with Gasteiger partial charge in [-0.1, -0.05) is 6.07 Å². The van der Waals surface area contributed by atoms with Gasteiger partial charge in [0.2, 0.25) is 0 Å². The van der Waals surface area contributed by atoms with Crippen LogP contribution in [0.1, 0.15) is 24.1 Å². The lowest BCUT2D eigenvalue weighted by molar-refractivity contribution is 0.312. The van der Waals surface area contributed by atoms with E-state index in [1.807, 2.05) is 11.3 Å². The third-order valence-corrected chi connectivity index (χ3v) is 4.88. The van der Waals surface area contributed by atoms with Crippen LogP contribution in [0, 0.1) is 5.92 Å². The molecule has 17 heavy (non-hydrogen) atoms. The van der Waals surface area contributed by atoms with E-state index < -0.39 is 0 Å². The van der Waals surface area contributed by atoms with Crippen molar-refractivity contribution in [2.24, 2.45) is 5.92 Å². The van der Waals surface area contributed by atoms with Gasteiger partial charge in [-0.2, -0.15) is 0 Å². The van der Waals surface area contributed by atoms with Crippen molar-refractivity contribution in [3.63, 3.8) is 0 Å². The number of rotatable bonds is 6. The molecule has 0 aromatic carbocycles. The first-order valence-electron chi connectivity index (χ1n) is 6.89. The second-order valence-corrected chi connectivity index (χ2v) is 6.45. The number of nitrogens with zero attached hydrogens (tertiary/aromatic N) is 1. The zero-order valence-electron chi connectivity index (χ0n) is 10.4. The van der Waals surface area contributed by atoms with E-state index in [4.69, 9.17) is 0 Å². The third kappa shape index (κ3) is 3.30. The highest BCUT2D eigenvalue weighted by molar-refractivity contribution is 7.09. The molecule has 3 heteroatoms. The van der Waals surface area contributed by atoms with E-state index in [2.05, 4.69) is 27.7 Å². The van der Waals surface area contributed by atoms with Gasteiger partial charge in [-0.05, 0) is 62.7 Å². The lowest BCUT2D eigenvalue weighted by Crippen LogP contribution is -2.28. The van der Waals surface area contributed by atoms with Crippen molar-refractivity contribution in [1.29, 1.82) is 0 Å². The van der Waals surface area contributed by atoms with Crippen LogP contribution in [0.2, 0.25) is 0 Å². The fourth-order valence-corrected chi connectivity index (χ4v) is 3.48. The monoisotopic (exact) mass is 250 g/mol. The Morgan fingerprint density at radius 2 is 2.29 bits per heavy atom. The third-order valence-electron chi connectivity index (χ3n) is 3.94. The molecular formula is C14H22N2S. The molecule has 3 rings (SSSR count). The highest BCUT2D eigenvalue weighted by Crippen LogP contribution is 2.31. The Morgan fingerprint density at radius 1 is 1.35 bits per heavy atom. The number of hydrogen-bond donors (Lipinski definition) is 1. The summed E-state index contributed by atoms with van der Waals surface area (Å²) in [7, 11) is 0. The molecule has 2 heterocycles. The van der Waals surface area contributed by atoms with Crippen LogP contribution in [0.4, 0.5) is 0 Å². The van der Waals surface area contributed by atoms with Gasteiger partial charge in [-0.15, -0.1) is 11.3 Å². The van der Waals surface area contributed by atoms with Crippen LogP contribution in [0.15, 0.2) is 17.5 Å². The Labute approximate surface area is 108 Å². The molecule has 1 aliphatic heterocycles. The van der Waals surface area contributed by atoms with Crippen LogP contribution in [-0.2, 0) is 6.42 Å². The smallest absolute Gasteiger partial charge is 0.00965 e. The fourth-order valence-electron chi connectivity index (χ4n) is 2.77.